The lowest BCUT2D eigenvalue weighted by Gasteiger charge is -2.13. The molecule has 0 unspecified atom stereocenters. The number of aromatic nitrogens is 1. The average molecular weight is 377 g/mol. The van der Waals surface area contributed by atoms with Crippen molar-refractivity contribution in [2.75, 3.05) is 10.6 Å². The van der Waals surface area contributed by atoms with Gasteiger partial charge in [-0.25, -0.2) is 4.39 Å². The Bertz CT molecular complexity index is 1030. The molecule has 0 radical (unpaired) electrons. The van der Waals surface area contributed by atoms with Crippen LogP contribution in [0.2, 0.25) is 0 Å². The number of rotatable bonds is 5. The number of nitrogens with one attached hydrogen (secondary N) is 2. The highest BCUT2D eigenvalue weighted by Crippen LogP contribution is 2.22. The van der Waals surface area contributed by atoms with Gasteiger partial charge in [-0.3, -0.25) is 14.6 Å². The molecule has 0 fully saturated rings. The number of carbonyl (C=O) groups excluding carboxylic acids is 2. The molecule has 0 saturated carbocycles. The van der Waals surface area contributed by atoms with Crippen LogP contribution in [0.25, 0.3) is 0 Å². The molecule has 0 bridgehead atoms. The average Bonchev–Trinajstić information content (AvgIpc) is 2.71. The number of aryl methyl sites for hydroxylation is 2. The maximum Gasteiger partial charge on any atom is 0.257 e. The maximum absolute atomic E-state index is 13.7. The Kier molecular flexibility index (Phi) is 5.79. The number of anilines is 2. The van der Waals surface area contributed by atoms with Gasteiger partial charge in [0.1, 0.15) is 5.82 Å². The summed E-state index contributed by atoms with van der Waals surface area (Å²) in [6, 6.07) is 13.1. The molecule has 3 rings (SSSR count). The molecule has 6 heteroatoms. The maximum atomic E-state index is 13.7. The standard InChI is InChI=1S/C22H20FN3O2/c1-3-15-8-6-7-14(2)20(15)26-22(28)17-11-16(12-24-13-17)21(27)25-19-10-5-4-9-18(19)23/h4-13H,3H2,1-2H3,(H,25,27)(H,26,28). The molecule has 2 N–H and O–H groups in total. The lowest BCUT2D eigenvalue weighted by atomic mass is 10.1. The number of hydrogen-bond donors (Lipinski definition) is 2. The smallest absolute Gasteiger partial charge is 0.257 e. The van der Waals surface area contributed by atoms with Crippen molar-refractivity contribution in [3.8, 4) is 0 Å². The van der Waals surface area contributed by atoms with Crippen LogP contribution < -0.4 is 10.6 Å². The molecule has 1 heterocycles. The van der Waals surface area contributed by atoms with E-state index in [1.165, 1.54) is 36.7 Å². The minimum atomic E-state index is -0.544. The summed E-state index contributed by atoms with van der Waals surface area (Å²) in [6.45, 7) is 3.94. The monoisotopic (exact) mass is 377 g/mol. The quantitative estimate of drug-likeness (QED) is 0.683. The van der Waals surface area contributed by atoms with Crippen LogP contribution in [0.15, 0.2) is 60.9 Å². The van der Waals surface area contributed by atoms with Gasteiger partial charge in [0.05, 0.1) is 16.8 Å². The van der Waals surface area contributed by atoms with Gasteiger partial charge in [0.2, 0.25) is 0 Å². The van der Waals surface area contributed by atoms with Crippen molar-refractivity contribution >= 4 is 23.2 Å². The topological polar surface area (TPSA) is 71.1 Å². The minimum Gasteiger partial charge on any atom is -0.321 e. The second-order valence-electron chi connectivity index (χ2n) is 6.31. The first-order valence-corrected chi connectivity index (χ1v) is 8.90. The van der Waals surface area contributed by atoms with E-state index in [1.54, 1.807) is 6.07 Å². The molecule has 0 aliphatic heterocycles. The van der Waals surface area contributed by atoms with Crippen molar-refractivity contribution in [1.82, 2.24) is 4.98 Å². The number of nitrogens with zero attached hydrogens (tertiary/aromatic N) is 1. The highest BCUT2D eigenvalue weighted by atomic mass is 19.1. The van der Waals surface area contributed by atoms with Crippen LogP contribution in [0.1, 0.15) is 38.8 Å². The summed E-state index contributed by atoms with van der Waals surface area (Å²) in [7, 11) is 0. The second-order valence-corrected chi connectivity index (χ2v) is 6.31. The van der Waals surface area contributed by atoms with E-state index in [2.05, 4.69) is 15.6 Å². The normalized spacial score (nSPS) is 10.4. The third-order valence-electron chi connectivity index (χ3n) is 4.36. The fraction of sp³-hybridized carbons (Fsp3) is 0.136. The molecule has 0 aliphatic carbocycles. The number of para-hydroxylation sites is 2. The minimum absolute atomic E-state index is 0.0647. The fourth-order valence-electron chi connectivity index (χ4n) is 2.83. The van der Waals surface area contributed by atoms with Gasteiger partial charge in [-0.2, -0.15) is 0 Å². The van der Waals surface area contributed by atoms with E-state index in [-0.39, 0.29) is 22.7 Å². The van der Waals surface area contributed by atoms with E-state index in [4.69, 9.17) is 0 Å². The van der Waals surface area contributed by atoms with Gasteiger partial charge < -0.3 is 10.6 Å². The molecule has 0 aliphatic rings. The van der Waals surface area contributed by atoms with Crippen molar-refractivity contribution in [2.45, 2.75) is 20.3 Å². The van der Waals surface area contributed by atoms with Crippen LogP contribution in [0.3, 0.4) is 0 Å². The molecule has 2 aromatic carbocycles. The Hall–Kier alpha value is -3.54. The van der Waals surface area contributed by atoms with Crippen molar-refractivity contribution < 1.29 is 14.0 Å². The molecule has 3 aromatic rings. The Morgan fingerprint density at radius 1 is 0.964 bits per heavy atom. The third-order valence-corrected chi connectivity index (χ3v) is 4.36. The van der Waals surface area contributed by atoms with Crippen molar-refractivity contribution in [3.63, 3.8) is 0 Å². The van der Waals surface area contributed by atoms with Crippen LogP contribution in [-0.2, 0) is 6.42 Å². The number of benzene rings is 2. The first kappa shape index (κ1) is 19.2. The Balaban J connectivity index is 1.80. The highest BCUT2D eigenvalue weighted by Gasteiger charge is 2.15. The van der Waals surface area contributed by atoms with Crippen molar-refractivity contribution in [1.29, 1.82) is 0 Å². The van der Waals surface area contributed by atoms with Crippen LogP contribution >= 0.6 is 0 Å². The first-order valence-electron chi connectivity index (χ1n) is 8.90. The molecule has 1 aromatic heterocycles. The van der Waals surface area contributed by atoms with Crippen LogP contribution in [0.5, 0.6) is 0 Å². The fourth-order valence-corrected chi connectivity index (χ4v) is 2.83. The van der Waals surface area contributed by atoms with Crippen LogP contribution in [0.4, 0.5) is 15.8 Å². The predicted octanol–water partition coefficient (Wildman–Crippen LogP) is 4.60. The molecule has 0 saturated heterocycles. The number of hydrogen-bond acceptors (Lipinski definition) is 3. The number of pyridine rings is 1. The Morgan fingerprint density at radius 3 is 2.32 bits per heavy atom. The van der Waals surface area contributed by atoms with Crippen molar-refractivity contribution in [3.05, 3.63) is 89.0 Å². The molecule has 0 spiro atoms. The summed E-state index contributed by atoms with van der Waals surface area (Å²) in [4.78, 5) is 29.1. The number of carbonyl (C=O) groups is 2. The summed E-state index contributed by atoms with van der Waals surface area (Å²) in [6.07, 6.45) is 3.50. The number of halogens is 1. The van der Waals surface area contributed by atoms with Gasteiger partial charge >= 0.3 is 0 Å². The molecule has 28 heavy (non-hydrogen) atoms. The molecule has 5 nitrogen and oxygen atoms in total. The van der Waals surface area contributed by atoms with E-state index < -0.39 is 11.7 Å². The zero-order chi connectivity index (χ0) is 20.1. The van der Waals surface area contributed by atoms with Gasteiger partial charge in [-0.15, -0.1) is 0 Å². The van der Waals surface area contributed by atoms with Crippen LogP contribution in [-0.4, -0.2) is 16.8 Å². The van der Waals surface area contributed by atoms with Gasteiger partial charge in [0.25, 0.3) is 11.8 Å². The second kappa shape index (κ2) is 8.43. The first-order chi connectivity index (χ1) is 13.5. The molecular weight excluding hydrogens is 357 g/mol. The van der Waals surface area contributed by atoms with Gasteiger partial charge in [-0.1, -0.05) is 37.3 Å². The SMILES string of the molecule is CCc1cccc(C)c1NC(=O)c1cncc(C(=O)Nc2ccccc2F)c1. The molecular formula is C22H20FN3O2. The molecule has 0 atom stereocenters. The lowest BCUT2D eigenvalue weighted by molar-refractivity contribution is 0.102. The Labute approximate surface area is 162 Å². The zero-order valence-corrected chi connectivity index (χ0v) is 15.6. The van der Waals surface area contributed by atoms with Crippen LogP contribution in [0, 0.1) is 12.7 Å². The summed E-state index contributed by atoms with van der Waals surface area (Å²) >= 11 is 0. The Morgan fingerprint density at radius 2 is 1.64 bits per heavy atom. The van der Waals surface area contributed by atoms with Crippen molar-refractivity contribution in [2.24, 2.45) is 0 Å². The third kappa shape index (κ3) is 4.23. The van der Waals surface area contributed by atoms with Gasteiger partial charge in [0.15, 0.2) is 0 Å². The number of amides is 2. The largest absolute Gasteiger partial charge is 0.321 e. The van der Waals surface area contributed by atoms with E-state index in [0.717, 1.165) is 23.2 Å². The summed E-state index contributed by atoms with van der Waals surface area (Å²) in [5.41, 5.74) is 3.21. The highest BCUT2D eigenvalue weighted by molar-refractivity contribution is 6.08. The van der Waals surface area contributed by atoms with Gasteiger partial charge in [-0.05, 0) is 42.7 Å². The summed E-state index contributed by atoms with van der Waals surface area (Å²) in [5.74, 6) is -1.45. The van der Waals surface area contributed by atoms with E-state index in [0.29, 0.717) is 0 Å². The zero-order valence-electron chi connectivity index (χ0n) is 15.6. The summed E-state index contributed by atoms with van der Waals surface area (Å²) < 4.78 is 13.7. The predicted molar refractivity (Wildman–Crippen MR) is 107 cm³/mol. The molecule has 2 amide bonds. The van der Waals surface area contributed by atoms with E-state index in [1.807, 2.05) is 32.0 Å². The molecule has 142 valence electrons. The summed E-state index contributed by atoms with van der Waals surface area (Å²) in [5, 5.41) is 5.38. The van der Waals surface area contributed by atoms with E-state index in [9.17, 15) is 14.0 Å². The lowest BCUT2D eigenvalue weighted by Crippen LogP contribution is -2.17. The van der Waals surface area contributed by atoms with E-state index >= 15 is 0 Å². The van der Waals surface area contributed by atoms with Gasteiger partial charge in [0, 0.05) is 18.1 Å².